The van der Waals surface area contributed by atoms with E-state index in [1.165, 1.54) is 7.05 Å². The van der Waals surface area contributed by atoms with Crippen LogP contribution in [-0.4, -0.2) is 28.9 Å². The molecule has 0 spiro atoms. The van der Waals surface area contributed by atoms with Crippen LogP contribution in [-0.2, 0) is 6.18 Å². The maximum absolute atomic E-state index is 12.6. The Balaban J connectivity index is 3.36. The summed E-state index contributed by atoms with van der Waals surface area (Å²) in [6, 6.07) is 1.34. The van der Waals surface area contributed by atoms with Gasteiger partial charge in [0.15, 0.2) is 11.5 Å². The number of nitrogens with one attached hydrogen (secondary N) is 1. The van der Waals surface area contributed by atoms with Crippen molar-refractivity contribution in [2.24, 2.45) is 0 Å². The standard InChI is InChI=1S/C10H12F3NO3/c1-14-4-7(16)8-5(10(11,12)13)2-3-6(15)9(8)17/h2-3,7,14-17H,4H2,1H3. The summed E-state index contributed by atoms with van der Waals surface area (Å²) in [4.78, 5) is 0. The average Bonchev–Trinajstić information content (AvgIpc) is 2.20. The number of aliphatic hydroxyl groups is 1. The Morgan fingerprint density at radius 3 is 2.35 bits per heavy atom. The highest BCUT2D eigenvalue weighted by atomic mass is 19.4. The van der Waals surface area contributed by atoms with Crippen LogP contribution in [0.2, 0.25) is 0 Å². The van der Waals surface area contributed by atoms with Crippen LogP contribution in [0, 0.1) is 0 Å². The number of alkyl halides is 3. The molecule has 1 aromatic rings. The number of aliphatic hydroxyl groups excluding tert-OH is 1. The number of hydrogen-bond donors (Lipinski definition) is 4. The zero-order chi connectivity index (χ0) is 13.2. The van der Waals surface area contributed by atoms with Gasteiger partial charge in [0.1, 0.15) is 0 Å². The van der Waals surface area contributed by atoms with Gasteiger partial charge >= 0.3 is 6.18 Å². The SMILES string of the molecule is CNCC(O)c1c(C(F)(F)F)ccc(O)c1O. The molecule has 1 rings (SSSR count). The third-order valence-corrected chi connectivity index (χ3v) is 2.23. The van der Waals surface area contributed by atoms with Crippen LogP contribution in [0.4, 0.5) is 13.2 Å². The second-order valence-corrected chi connectivity index (χ2v) is 3.47. The van der Waals surface area contributed by atoms with Crippen LogP contribution in [0.5, 0.6) is 11.5 Å². The molecule has 0 aromatic heterocycles. The minimum atomic E-state index is -4.71. The second-order valence-electron chi connectivity index (χ2n) is 3.47. The zero-order valence-electron chi connectivity index (χ0n) is 8.91. The van der Waals surface area contributed by atoms with Crippen LogP contribution >= 0.6 is 0 Å². The van der Waals surface area contributed by atoms with Gasteiger partial charge in [0.2, 0.25) is 0 Å². The molecule has 1 atom stereocenters. The van der Waals surface area contributed by atoms with Crippen molar-refractivity contribution in [2.45, 2.75) is 12.3 Å². The smallest absolute Gasteiger partial charge is 0.416 e. The van der Waals surface area contributed by atoms with Gasteiger partial charge in [-0.25, -0.2) is 0 Å². The summed E-state index contributed by atoms with van der Waals surface area (Å²) >= 11 is 0. The number of halogens is 3. The minimum absolute atomic E-state index is 0.180. The van der Waals surface area contributed by atoms with E-state index in [9.17, 15) is 23.4 Å². The summed E-state index contributed by atoms with van der Waals surface area (Å²) < 4.78 is 37.9. The highest BCUT2D eigenvalue weighted by molar-refractivity contribution is 5.51. The number of aromatic hydroxyl groups is 2. The molecule has 0 saturated carbocycles. The number of likely N-dealkylation sites (N-methyl/N-ethyl adjacent to an activating group) is 1. The largest absolute Gasteiger partial charge is 0.504 e. The molecule has 0 radical (unpaired) electrons. The fraction of sp³-hybridized carbons (Fsp3) is 0.400. The number of hydrogen-bond acceptors (Lipinski definition) is 4. The summed E-state index contributed by atoms with van der Waals surface area (Å²) in [5, 5.41) is 30.6. The van der Waals surface area contributed by atoms with Crippen molar-refractivity contribution in [3.63, 3.8) is 0 Å². The lowest BCUT2D eigenvalue weighted by molar-refractivity contribution is -0.139. The van der Waals surface area contributed by atoms with Crippen LogP contribution < -0.4 is 5.32 Å². The predicted molar refractivity (Wildman–Crippen MR) is 53.7 cm³/mol. The number of rotatable bonds is 3. The molecule has 17 heavy (non-hydrogen) atoms. The Labute approximate surface area is 95.3 Å². The van der Waals surface area contributed by atoms with E-state index in [4.69, 9.17) is 5.11 Å². The fourth-order valence-corrected chi connectivity index (χ4v) is 1.48. The van der Waals surface area contributed by atoms with E-state index in [0.29, 0.717) is 6.07 Å². The van der Waals surface area contributed by atoms with Crippen molar-refractivity contribution < 1.29 is 28.5 Å². The monoisotopic (exact) mass is 251 g/mol. The van der Waals surface area contributed by atoms with Crippen LogP contribution in [0.1, 0.15) is 17.2 Å². The van der Waals surface area contributed by atoms with Crippen LogP contribution in [0.3, 0.4) is 0 Å². The molecule has 1 unspecified atom stereocenters. The van der Waals surface area contributed by atoms with Gasteiger partial charge in [0.25, 0.3) is 0 Å². The van der Waals surface area contributed by atoms with Crippen molar-refractivity contribution in [3.05, 3.63) is 23.3 Å². The van der Waals surface area contributed by atoms with Gasteiger partial charge in [-0.1, -0.05) is 0 Å². The number of phenols is 2. The van der Waals surface area contributed by atoms with Gasteiger partial charge in [0.05, 0.1) is 11.7 Å². The first-order valence-corrected chi connectivity index (χ1v) is 4.73. The van der Waals surface area contributed by atoms with Gasteiger partial charge in [-0.3, -0.25) is 0 Å². The Morgan fingerprint density at radius 1 is 1.29 bits per heavy atom. The topological polar surface area (TPSA) is 72.7 Å². The molecule has 0 amide bonds. The van der Waals surface area contributed by atoms with E-state index in [1.807, 2.05) is 0 Å². The summed E-state index contributed by atoms with van der Waals surface area (Å²) in [5.41, 5.74) is -1.90. The highest BCUT2D eigenvalue weighted by Crippen LogP contribution is 2.42. The normalized spacial score (nSPS) is 13.7. The lowest BCUT2D eigenvalue weighted by Crippen LogP contribution is -2.20. The van der Waals surface area contributed by atoms with Crippen molar-refractivity contribution in [3.8, 4) is 11.5 Å². The second kappa shape index (κ2) is 4.80. The summed E-state index contributed by atoms with van der Waals surface area (Å²) in [6.07, 6.45) is -6.28. The summed E-state index contributed by atoms with van der Waals surface area (Å²) in [6.45, 7) is -0.180. The molecule has 0 saturated heterocycles. The molecule has 0 bridgehead atoms. The first kappa shape index (κ1) is 13.6. The van der Waals surface area contributed by atoms with E-state index in [1.54, 1.807) is 0 Å². The molecule has 0 aliphatic rings. The lowest BCUT2D eigenvalue weighted by Gasteiger charge is -2.19. The van der Waals surface area contributed by atoms with Gasteiger partial charge in [-0.15, -0.1) is 0 Å². The van der Waals surface area contributed by atoms with Gasteiger partial charge in [-0.2, -0.15) is 13.2 Å². The summed E-state index contributed by atoms with van der Waals surface area (Å²) in [7, 11) is 1.44. The quantitative estimate of drug-likeness (QED) is 0.612. The average molecular weight is 251 g/mol. The van der Waals surface area contributed by atoms with Crippen molar-refractivity contribution in [1.29, 1.82) is 0 Å². The minimum Gasteiger partial charge on any atom is -0.504 e. The first-order chi connectivity index (χ1) is 7.79. The Kier molecular flexibility index (Phi) is 3.84. The Bertz CT molecular complexity index is 407. The third-order valence-electron chi connectivity index (χ3n) is 2.23. The third kappa shape index (κ3) is 2.80. The molecule has 0 heterocycles. The van der Waals surface area contributed by atoms with Crippen LogP contribution in [0.25, 0.3) is 0 Å². The van der Waals surface area contributed by atoms with E-state index in [-0.39, 0.29) is 6.54 Å². The number of benzene rings is 1. The zero-order valence-corrected chi connectivity index (χ0v) is 8.91. The molecule has 4 N–H and O–H groups in total. The number of phenolic OH excluding ortho intramolecular Hbond substituents is 2. The molecular formula is C10H12F3NO3. The Morgan fingerprint density at radius 2 is 1.88 bits per heavy atom. The van der Waals surface area contributed by atoms with Crippen molar-refractivity contribution >= 4 is 0 Å². The van der Waals surface area contributed by atoms with Gasteiger partial charge in [0, 0.05) is 12.1 Å². The highest BCUT2D eigenvalue weighted by Gasteiger charge is 2.37. The fourth-order valence-electron chi connectivity index (χ4n) is 1.48. The van der Waals surface area contributed by atoms with E-state index < -0.39 is 34.9 Å². The van der Waals surface area contributed by atoms with Gasteiger partial charge in [-0.05, 0) is 19.2 Å². The molecule has 0 fully saturated rings. The van der Waals surface area contributed by atoms with Crippen LogP contribution in [0.15, 0.2) is 12.1 Å². The molecular weight excluding hydrogens is 239 g/mol. The first-order valence-electron chi connectivity index (χ1n) is 4.73. The van der Waals surface area contributed by atoms with E-state index >= 15 is 0 Å². The molecule has 96 valence electrons. The molecule has 0 aliphatic heterocycles. The molecule has 7 heteroatoms. The van der Waals surface area contributed by atoms with E-state index in [0.717, 1.165) is 6.07 Å². The Hall–Kier alpha value is -1.47. The lowest BCUT2D eigenvalue weighted by atomic mass is 10.00. The van der Waals surface area contributed by atoms with Crippen molar-refractivity contribution in [1.82, 2.24) is 5.32 Å². The maximum atomic E-state index is 12.6. The predicted octanol–water partition coefficient (Wildman–Crippen LogP) is 1.37. The van der Waals surface area contributed by atoms with Crippen molar-refractivity contribution in [2.75, 3.05) is 13.6 Å². The molecule has 1 aromatic carbocycles. The summed E-state index contributed by atoms with van der Waals surface area (Å²) in [5.74, 6) is -1.66. The van der Waals surface area contributed by atoms with E-state index in [2.05, 4.69) is 5.32 Å². The van der Waals surface area contributed by atoms with Gasteiger partial charge < -0.3 is 20.6 Å². The molecule has 4 nitrogen and oxygen atoms in total. The maximum Gasteiger partial charge on any atom is 0.416 e. The molecule has 0 aliphatic carbocycles.